The van der Waals surface area contributed by atoms with Gasteiger partial charge in [-0.25, -0.2) is 9.79 Å². The van der Waals surface area contributed by atoms with Gasteiger partial charge in [-0.2, -0.15) is 0 Å². The molecule has 0 fully saturated rings. The zero-order valence-electron chi connectivity index (χ0n) is 9.80. The van der Waals surface area contributed by atoms with E-state index in [1.807, 2.05) is 12.1 Å². The van der Waals surface area contributed by atoms with E-state index in [4.69, 9.17) is 17.0 Å². The summed E-state index contributed by atoms with van der Waals surface area (Å²) in [7, 11) is 0. The molecular weight excluding hydrogens is 268 g/mol. The highest BCUT2D eigenvalue weighted by Crippen LogP contribution is 2.20. The van der Waals surface area contributed by atoms with Gasteiger partial charge in [0, 0.05) is 0 Å². The molecule has 6 heteroatoms. The first kappa shape index (κ1) is 13.0. The average Bonchev–Trinajstić information content (AvgIpc) is 2.76. The summed E-state index contributed by atoms with van der Waals surface area (Å²) in [5.74, 6) is 1.13. The molecule has 1 aromatic carbocycles. The highest BCUT2D eigenvalue weighted by Gasteiger charge is 2.16. The Morgan fingerprint density at radius 2 is 2.33 bits per heavy atom. The van der Waals surface area contributed by atoms with Crippen LogP contribution in [0.2, 0.25) is 0 Å². The zero-order valence-corrected chi connectivity index (χ0v) is 11.4. The highest BCUT2D eigenvalue weighted by atomic mass is 32.2. The lowest BCUT2D eigenvalue weighted by atomic mass is 10.2. The number of anilines is 1. The van der Waals surface area contributed by atoms with Gasteiger partial charge < -0.3 is 10.1 Å². The first-order valence-corrected chi connectivity index (χ1v) is 6.87. The fourth-order valence-corrected chi connectivity index (χ4v) is 2.36. The van der Waals surface area contributed by atoms with Gasteiger partial charge in [0.25, 0.3) is 0 Å². The quantitative estimate of drug-likeness (QED) is 0.681. The van der Waals surface area contributed by atoms with E-state index in [1.165, 1.54) is 11.8 Å². The predicted molar refractivity (Wildman–Crippen MR) is 78.5 cm³/mol. The highest BCUT2D eigenvalue weighted by molar-refractivity contribution is 8.23. The number of amidine groups is 1. The third kappa shape index (κ3) is 3.08. The maximum atomic E-state index is 11.8. The van der Waals surface area contributed by atoms with Crippen molar-refractivity contribution < 1.29 is 9.53 Å². The van der Waals surface area contributed by atoms with Gasteiger partial charge in [-0.05, 0) is 19.1 Å². The van der Waals surface area contributed by atoms with Crippen LogP contribution in [0.5, 0.6) is 0 Å². The van der Waals surface area contributed by atoms with Gasteiger partial charge in [0.1, 0.15) is 5.84 Å². The van der Waals surface area contributed by atoms with Crippen molar-refractivity contribution in [1.29, 1.82) is 0 Å². The van der Waals surface area contributed by atoms with E-state index in [0.717, 1.165) is 5.84 Å². The number of benzene rings is 1. The van der Waals surface area contributed by atoms with E-state index in [-0.39, 0.29) is 5.97 Å². The minimum atomic E-state index is -0.338. The molecule has 0 radical (unpaired) electrons. The number of hydrogen-bond acceptors (Lipinski definition) is 5. The molecule has 0 amide bonds. The van der Waals surface area contributed by atoms with E-state index in [0.29, 0.717) is 27.9 Å². The monoisotopic (exact) mass is 280 g/mol. The van der Waals surface area contributed by atoms with E-state index in [2.05, 4.69) is 10.3 Å². The number of thioether (sulfide) groups is 1. The first-order chi connectivity index (χ1) is 8.70. The van der Waals surface area contributed by atoms with Gasteiger partial charge in [-0.3, -0.25) is 0 Å². The van der Waals surface area contributed by atoms with E-state index in [1.54, 1.807) is 19.1 Å². The molecule has 0 saturated heterocycles. The maximum Gasteiger partial charge on any atom is 0.340 e. The molecule has 0 saturated carbocycles. The van der Waals surface area contributed by atoms with Crippen molar-refractivity contribution in [2.75, 3.05) is 17.7 Å². The number of rotatable bonds is 3. The largest absolute Gasteiger partial charge is 0.462 e. The fraction of sp³-hybridized carbons (Fsp3) is 0.250. The Morgan fingerprint density at radius 3 is 3.00 bits per heavy atom. The normalized spacial score (nSPS) is 14.3. The van der Waals surface area contributed by atoms with Crippen molar-refractivity contribution in [2.45, 2.75) is 6.92 Å². The molecule has 1 N–H and O–H groups in total. The molecule has 94 valence electrons. The maximum absolute atomic E-state index is 11.8. The SMILES string of the molecule is CCOC(=O)c1ccccc1NC1=NC(=S)SC1. The molecule has 0 unspecified atom stereocenters. The molecule has 0 atom stereocenters. The van der Waals surface area contributed by atoms with Crippen LogP contribution in [0.3, 0.4) is 0 Å². The van der Waals surface area contributed by atoms with Gasteiger partial charge >= 0.3 is 5.97 Å². The Kier molecular flexibility index (Phi) is 4.33. The smallest absolute Gasteiger partial charge is 0.340 e. The lowest BCUT2D eigenvalue weighted by Crippen LogP contribution is -2.15. The lowest BCUT2D eigenvalue weighted by Gasteiger charge is -2.10. The molecule has 1 aromatic rings. The van der Waals surface area contributed by atoms with Crippen molar-refractivity contribution >= 4 is 45.8 Å². The topological polar surface area (TPSA) is 50.7 Å². The van der Waals surface area contributed by atoms with Crippen LogP contribution in [0.4, 0.5) is 5.69 Å². The Morgan fingerprint density at radius 1 is 1.56 bits per heavy atom. The lowest BCUT2D eigenvalue weighted by molar-refractivity contribution is 0.0527. The van der Waals surface area contributed by atoms with Crippen molar-refractivity contribution in [3.63, 3.8) is 0 Å². The Labute approximate surface area is 115 Å². The number of hydrogen-bond donors (Lipinski definition) is 1. The molecule has 0 aromatic heterocycles. The minimum Gasteiger partial charge on any atom is -0.462 e. The Hall–Kier alpha value is -1.40. The van der Waals surface area contributed by atoms with E-state index in [9.17, 15) is 4.79 Å². The zero-order chi connectivity index (χ0) is 13.0. The van der Waals surface area contributed by atoms with Crippen LogP contribution in [0.15, 0.2) is 29.3 Å². The van der Waals surface area contributed by atoms with Crippen LogP contribution in [-0.2, 0) is 4.74 Å². The molecule has 18 heavy (non-hydrogen) atoms. The molecule has 1 aliphatic heterocycles. The summed E-state index contributed by atoms with van der Waals surface area (Å²) in [4.78, 5) is 15.9. The van der Waals surface area contributed by atoms with Crippen LogP contribution < -0.4 is 5.32 Å². The first-order valence-electron chi connectivity index (χ1n) is 5.48. The van der Waals surface area contributed by atoms with Crippen molar-refractivity contribution in [2.24, 2.45) is 4.99 Å². The number of nitrogens with one attached hydrogen (secondary N) is 1. The van der Waals surface area contributed by atoms with Crippen LogP contribution >= 0.6 is 24.0 Å². The third-order valence-corrected chi connectivity index (χ3v) is 3.46. The number of thiocarbonyl (C=S) groups is 1. The molecule has 2 rings (SSSR count). The number of aliphatic imine (C=N–C) groups is 1. The molecule has 4 nitrogen and oxygen atoms in total. The number of nitrogens with zero attached hydrogens (tertiary/aromatic N) is 1. The molecule has 1 heterocycles. The second kappa shape index (κ2) is 5.97. The van der Waals surface area contributed by atoms with Crippen molar-refractivity contribution in [3.8, 4) is 0 Å². The predicted octanol–water partition coefficient (Wildman–Crippen LogP) is 2.71. The van der Waals surface area contributed by atoms with Crippen molar-refractivity contribution in [1.82, 2.24) is 0 Å². The summed E-state index contributed by atoms with van der Waals surface area (Å²) in [6, 6.07) is 7.20. The fourth-order valence-electron chi connectivity index (χ4n) is 1.50. The molecule has 1 aliphatic rings. The third-order valence-electron chi connectivity index (χ3n) is 2.26. The standard InChI is InChI=1S/C12H12N2O2S2/c1-2-16-11(15)8-5-3-4-6-9(8)13-10-7-18-12(17)14-10/h3-6H,2,7H2,1H3,(H,13,14,17). The summed E-state index contributed by atoms with van der Waals surface area (Å²) in [5, 5.41) is 3.12. The number of esters is 1. The summed E-state index contributed by atoms with van der Waals surface area (Å²) in [6.45, 7) is 2.14. The van der Waals surface area contributed by atoms with Crippen LogP contribution in [0, 0.1) is 0 Å². The Bertz CT molecular complexity index is 515. The van der Waals surface area contributed by atoms with Gasteiger partial charge in [0.15, 0.2) is 4.32 Å². The second-order valence-corrected chi connectivity index (χ2v) is 5.11. The number of carbonyl (C=O) groups excluding carboxylic acids is 1. The molecule has 0 aliphatic carbocycles. The number of carbonyl (C=O) groups is 1. The Balaban J connectivity index is 2.20. The van der Waals surface area contributed by atoms with Crippen molar-refractivity contribution in [3.05, 3.63) is 29.8 Å². The summed E-state index contributed by atoms with van der Waals surface area (Å²) < 4.78 is 5.62. The van der Waals surface area contributed by atoms with Gasteiger partial charge in [-0.15, -0.1) is 0 Å². The van der Waals surface area contributed by atoms with Gasteiger partial charge in [0.05, 0.1) is 23.6 Å². The van der Waals surface area contributed by atoms with Gasteiger partial charge in [-0.1, -0.05) is 36.1 Å². The summed E-state index contributed by atoms with van der Waals surface area (Å²) in [5.41, 5.74) is 1.20. The molecular formula is C12H12N2O2S2. The van der Waals surface area contributed by atoms with Crippen LogP contribution in [-0.4, -0.2) is 28.5 Å². The summed E-state index contributed by atoms with van der Waals surface area (Å²) in [6.07, 6.45) is 0. The molecule has 0 spiro atoms. The van der Waals surface area contributed by atoms with Crippen LogP contribution in [0.25, 0.3) is 0 Å². The minimum absolute atomic E-state index is 0.338. The number of ether oxygens (including phenoxy) is 1. The second-order valence-electron chi connectivity index (χ2n) is 3.50. The summed E-state index contributed by atoms with van der Waals surface area (Å²) >= 11 is 6.48. The van der Waals surface area contributed by atoms with Crippen LogP contribution in [0.1, 0.15) is 17.3 Å². The van der Waals surface area contributed by atoms with E-state index < -0.39 is 0 Å². The average molecular weight is 280 g/mol. The number of para-hydroxylation sites is 1. The van der Waals surface area contributed by atoms with E-state index >= 15 is 0 Å². The molecule has 0 bridgehead atoms. The van der Waals surface area contributed by atoms with Gasteiger partial charge in [0.2, 0.25) is 0 Å².